The van der Waals surface area contributed by atoms with Crippen molar-refractivity contribution in [2.24, 2.45) is 0 Å². The molecular weight excluding hydrogens is 226 g/mol. The minimum absolute atomic E-state index is 0.00923. The lowest BCUT2D eigenvalue weighted by Crippen LogP contribution is -1.95. The number of benzene rings is 1. The van der Waals surface area contributed by atoms with E-state index in [1.165, 1.54) is 7.11 Å². The highest BCUT2D eigenvalue weighted by Crippen LogP contribution is 2.35. The number of fused-ring (bicyclic) bond motifs is 3. The Kier molecular flexibility index (Phi) is 1.85. The highest BCUT2D eigenvalue weighted by molar-refractivity contribution is 6.32. The fourth-order valence-electron chi connectivity index (χ4n) is 1.99. The van der Waals surface area contributed by atoms with Crippen molar-refractivity contribution in [3.8, 4) is 11.4 Å². The van der Waals surface area contributed by atoms with Crippen LogP contribution < -0.4 is 4.74 Å². The fourth-order valence-corrected chi connectivity index (χ4v) is 2.23. The molecule has 80 valence electrons. The third-order valence-electron chi connectivity index (χ3n) is 2.76. The Balaban J connectivity index is 2.32. The third-order valence-corrected chi connectivity index (χ3v) is 3.05. The molecule has 3 rings (SSSR count). The van der Waals surface area contributed by atoms with Crippen LogP contribution in [0.3, 0.4) is 0 Å². The number of hydrogen-bond acceptors (Lipinski definition) is 2. The highest BCUT2D eigenvalue weighted by atomic mass is 35.5. The second-order valence-corrected chi connectivity index (χ2v) is 4.00. The van der Waals surface area contributed by atoms with E-state index in [4.69, 9.17) is 16.3 Å². The van der Waals surface area contributed by atoms with Crippen molar-refractivity contribution >= 4 is 17.4 Å². The van der Waals surface area contributed by atoms with E-state index >= 15 is 0 Å². The number of carbonyl (C=O) groups excluding carboxylic acids is 1. The van der Waals surface area contributed by atoms with E-state index in [1.807, 2.05) is 16.8 Å². The van der Waals surface area contributed by atoms with Crippen molar-refractivity contribution in [3.05, 3.63) is 46.7 Å². The molecule has 1 aliphatic heterocycles. The highest BCUT2D eigenvalue weighted by Gasteiger charge is 2.27. The van der Waals surface area contributed by atoms with Crippen LogP contribution in [0, 0.1) is 0 Å². The SMILES string of the molecule is COc1cc2c(cc1Cl)-n1cccc1C2=O. The summed E-state index contributed by atoms with van der Waals surface area (Å²) < 4.78 is 6.94. The molecule has 0 N–H and O–H groups in total. The Morgan fingerprint density at radius 2 is 2.19 bits per heavy atom. The Labute approximate surface area is 97.2 Å². The van der Waals surface area contributed by atoms with Gasteiger partial charge in [0.2, 0.25) is 5.78 Å². The predicted molar refractivity (Wildman–Crippen MR) is 60.8 cm³/mol. The zero-order valence-electron chi connectivity index (χ0n) is 8.53. The van der Waals surface area contributed by atoms with Gasteiger partial charge in [0, 0.05) is 6.20 Å². The summed E-state index contributed by atoms with van der Waals surface area (Å²) in [4.78, 5) is 12.0. The molecule has 0 atom stereocenters. The van der Waals surface area contributed by atoms with E-state index in [-0.39, 0.29) is 5.78 Å². The van der Waals surface area contributed by atoms with Gasteiger partial charge in [-0.3, -0.25) is 4.79 Å². The van der Waals surface area contributed by atoms with Crippen LogP contribution in [0.5, 0.6) is 5.75 Å². The molecule has 2 aromatic rings. The molecule has 1 aliphatic rings. The summed E-state index contributed by atoms with van der Waals surface area (Å²) in [5.74, 6) is 0.537. The molecule has 0 radical (unpaired) electrons. The van der Waals surface area contributed by atoms with Crippen LogP contribution in [0.25, 0.3) is 5.69 Å². The van der Waals surface area contributed by atoms with Crippen molar-refractivity contribution in [1.29, 1.82) is 0 Å². The molecule has 1 aromatic carbocycles. The van der Waals surface area contributed by atoms with Crippen LogP contribution in [-0.2, 0) is 0 Å². The number of carbonyl (C=O) groups is 1. The van der Waals surface area contributed by atoms with Crippen LogP contribution in [0.1, 0.15) is 16.1 Å². The van der Waals surface area contributed by atoms with E-state index in [2.05, 4.69) is 0 Å². The smallest absolute Gasteiger partial charge is 0.211 e. The lowest BCUT2D eigenvalue weighted by Gasteiger charge is -2.06. The minimum atomic E-state index is 0.00923. The van der Waals surface area contributed by atoms with Crippen LogP contribution in [0.4, 0.5) is 0 Å². The lowest BCUT2D eigenvalue weighted by atomic mass is 10.1. The van der Waals surface area contributed by atoms with Gasteiger partial charge in [0.05, 0.1) is 29.1 Å². The van der Waals surface area contributed by atoms with Crippen LogP contribution in [0.2, 0.25) is 5.02 Å². The number of ether oxygens (including phenoxy) is 1. The number of ketones is 1. The molecular formula is C12H8ClNO2. The average molecular weight is 234 g/mol. The first-order valence-corrected chi connectivity index (χ1v) is 5.20. The molecule has 0 unspecified atom stereocenters. The largest absolute Gasteiger partial charge is 0.495 e. The maximum absolute atomic E-state index is 12.0. The van der Waals surface area contributed by atoms with Crippen LogP contribution in [0.15, 0.2) is 30.5 Å². The number of aromatic nitrogens is 1. The molecule has 0 spiro atoms. The Hall–Kier alpha value is -1.74. The van der Waals surface area contributed by atoms with Gasteiger partial charge in [-0.05, 0) is 24.3 Å². The number of rotatable bonds is 1. The van der Waals surface area contributed by atoms with Crippen molar-refractivity contribution < 1.29 is 9.53 Å². The quantitative estimate of drug-likeness (QED) is 0.647. The molecule has 16 heavy (non-hydrogen) atoms. The van der Waals surface area contributed by atoms with Gasteiger partial charge in [-0.1, -0.05) is 11.6 Å². The predicted octanol–water partition coefficient (Wildman–Crippen LogP) is 2.68. The van der Waals surface area contributed by atoms with E-state index in [1.54, 1.807) is 18.2 Å². The second-order valence-electron chi connectivity index (χ2n) is 3.60. The third kappa shape index (κ3) is 1.06. The van der Waals surface area contributed by atoms with Gasteiger partial charge in [0.1, 0.15) is 5.75 Å². The van der Waals surface area contributed by atoms with Gasteiger partial charge in [-0.25, -0.2) is 0 Å². The summed E-state index contributed by atoms with van der Waals surface area (Å²) in [5.41, 5.74) is 2.12. The molecule has 0 saturated carbocycles. The summed E-state index contributed by atoms with van der Waals surface area (Å²) in [5, 5.41) is 0.510. The molecule has 4 heteroatoms. The summed E-state index contributed by atoms with van der Waals surface area (Å²) in [6.45, 7) is 0. The zero-order valence-corrected chi connectivity index (χ0v) is 9.28. The molecule has 2 heterocycles. The summed E-state index contributed by atoms with van der Waals surface area (Å²) in [6, 6.07) is 7.08. The number of methoxy groups -OCH3 is 1. The standard InChI is InChI=1S/C12H8ClNO2/c1-16-11-5-7-10(6-8(11)13)14-4-2-3-9(14)12(7)15/h2-6H,1H3. The maximum Gasteiger partial charge on any atom is 0.211 e. The molecule has 3 nitrogen and oxygen atoms in total. The van der Waals surface area contributed by atoms with Gasteiger partial charge >= 0.3 is 0 Å². The number of hydrogen-bond donors (Lipinski definition) is 0. The van der Waals surface area contributed by atoms with Crippen molar-refractivity contribution in [3.63, 3.8) is 0 Å². The fraction of sp³-hybridized carbons (Fsp3) is 0.0833. The minimum Gasteiger partial charge on any atom is -0.495 e. The lowest BCUT2D eigenvalue weighted by molar-refractivity contribution is 0.104. The first-order chi connectivity index (χ1) is 7.72. The van der Waals surface area contributed by atoms with Gasteiger partial charge in [0.25, 0.3) is 0 Å². The van der Waals surface area contributed by atoms with Crippen molar-refractivity contribution in [1.82, 2.24) is 4.57 Å². The Morgan fingerprint density at radius 3 is 2.94 bits per heavy atom. The topological polar surface area (TPSA) is 31.2 Å². The Bertz CT molecular complexity index is 601. The van der Waals surface area contributed by atoms with E-state index in [0.717, 1.165) is 5.69 Å². The first kappa shape index (κ1) is 9.48. The molecule has 0 bridgehead atoms. The normalized spacial score (nSPS) is 12.5. The summed E-state index contributed by atoms with van der Waals surface area (Å²) in [6.07, 6.45) is 1.85. The molecule has 0 fully saturated rings. The van der Waals surface area contributed by atoms with E-state index < -0.39 is 0 Å². The van der Waals surface area contributed by atoms with Crippen molar-refractivity contribution in [2.75, 3.05) is 7.11 Å². The molecule has 0 aliphatic carbocycles. The first-order valence-electron chi connectivity index (χ1n) is 4.82. The molecule has 0 amide bonds. The average Bonchev–Trinajstić information content (AvgIpc) is 2.83. The van der Waals surface area contributed by atoms with Crippen molar-refractivity contribution in [2.45, 2.75) is 0 Å². The van der Waals surface area contributed by atoms with Gasteiger partial charge in [-0.2, -0.15) is 0 Å². The zero-order chi connectivity index (χ0) is 11.3. The number of halogens is 1. The maximum atomic E-state index is 12.0. The molecule has 0 saturated heterocycles. The molecule has 1 aromatic heterocycles. The van der Waals surface area contributed by atoms with Gasteiger partial charge in [-0.15, -0.1) is 0 Å². The number of nitrogens with zero attached hydrogens (tertiary/aromatic N) is 1. The van der Waals surface area contributed by atoms with Gasteiger partial charge in [0.15, 0.2) is 0 Å². The summed E-state index contributed by atoms with van der Waals surface area (Å²) in [7, 11) is 1.54. The Morgan fingerprint density at radius 1 is 1.38 bits per heavy atom. The monoisotopic (exact) mass is 233 g/mol. The van der Waals surface area contributed by atoms with Crippen LogP contribution in [-0.4, -0.2) is 17.5 Å². The van der Waals surface area contributed by atoms with Gasteiger partial charge < -0.3 is 9.30 Å². The van der Waals surface area contributed by atoms with E-state index in [0.29, 0.717) is 22.0 Å². The van der Waals surface area contributed by atoms with Crippen LogP contribution >= 0.6 is 11.6 Å². The summed E-state index contributed by atoms with van der Waals surface area (Å²) >= 11 is 6.04. The van der Waals surface area contributed by atoms with E-state index in [9.17, 15) is 4.79 Å². The second kappa shape index (κ2) is 3.12.